The molecule has 0 bridgehead atoms. The highest BCUT2D eigenvalue weighted by Crippen LogP contribution is 2.37. The molecule has 52 heavy (non-hydrogen) atoms. The molecule has 266 valence electrons. The molecular formula is C39H35ClN4O8. The fourth-order valence-corrected chi connectivity index (χ4v) is 6.48. The van der Waals surface area contributed by atoms with Crippen LogP contribution in [-0.2, 0) is 14.4 Å². The standard InChI is InChI=1S/C39H35ClN4O8/c40-19-18-29(23-4-10-26(45)11-5-23)35(24-6-12-27(46)13-7-24)25-8-14-28(15-9-25)52-21-20-41-34(48)22-42-31-3-1-2-30-36(31)39(51)44(38(30)50)32-16-17-33(47)43-37(32)49/h1-15,32,42,45-46H,16-22H2,(H,41,48)(H,43,47,49). The van der Waals surface area contributed by atoms with Gasteiger partial charge in [-0.15, -0.1) is 11.6 Å². The lowest BCUT2D eigenvalue weighted by Gasteiger charge is -2.27. The maximum atomic E-state index is 13.3. The van der Waals surface area contributed by atoms with E-state index in [9.17, 15) is 34.2 Å². The summed E-state index contributed by atoms with van der Waals surface area (Å²) >= 11 is 6.24. The summed E-state index contributed by atoms with van der Waals surface area (Å²) in [4.78, 5) is 63.8. The van der Waals surface area contributed by atoms with Crippen molar-refractivity contribution in [2.45, 2.75) is 25.3 Å². The van der Waals surface area contributed by atoms with E-state index < -0.39 is 29.7 Å². The number of anilines is 1. The highest BCUT2D eigenvalue weighted by molar-refractivity contribution is 6.25. The third kappa shape index (κ3) is 7.77. The maximum Gasteiger partial charge on any atom is 0.264 e. The molecule has 5 amide bonds. The Kier molecular flexibility index (Phi) is 10.9. The molecule has 12 nitrogen and oxygen atoms in total. The third-order valence-electron chi connectivity index (χ3n) is 8.76. The van der Waals surface area contributed by atoms with Gasteiger partial charge >= 0.3 is 0 Å². The zero-order chi connectivity index (χ0) is 36.8. The van der Waals surface area contributed by atoms with Gasteiger partial charge in [-0.05, 0) is 89.2 Å². The van der Waals surface area contributed by atoms with E-state index in [0.717, 1.165) is 32.7 Å². The fourth-order valence-electron chi connectivity index (χ4n) is 6.29. The number of imide groups is 2. The highest BCUT2D eigenvalue weighted by Gasteiger charge is 2.45. The largest absolute Gasteiger partial charge is 0.508 e. The normalized spacial score (nSPS) is 15.9. The Hall–Kier alpha value is -6.14. The first-order chi connectivity index (χ1) is 25.1. The molecule has 1 atom stereocenters. The number of nitrogens with one attached hydrogen (secondary N) is 3. The zero-order valence-electron chi connectivity index (χ0n) is 27.9. The third-order valence-corrected chi connectivity index (χ3v) is 8.95. The summed E-state index contributed by atoms with van der Waals surface area (Å²) in [7, 11) is 0. The molecule has 0 radical (unpaired) electrons. The van der Waals surface area contributed by atoms with Crippen molar-refractivity contribution in [3.8, 4) is 17.2 Å². The molecule has 2 aliphatic rings. The molecule has 1 unspecified atom stereocenters. The van der Waals surface area contributed by atoms with Crippen LogP contribution in [0.3, 0.4) is 0 Å². The van der Waals surface area contributed by atoms with Gasteiger partial charge in [-0.25, -0.2) is 0 Å². The number of carbonyl (C=O) groups is 5. The van der Waals surface area contributed by atoms with Gasteiger partial charge in [-0.2, -0.15) is 0 Å². The van der Waals surface area contributed by atoms with Crippen LogP contribution in [0.15, 0.2) is 91.0 Å². The number of rotatable bonds is 13. The van der Waals surface area contributed by atoms with Crippen LogP contribution >= 0.6 is 11.6 Å². The molecule has 13 heteroatoms. The number of aromatic hydroxyl groups is 2. The highest BCUT2D eigenvalue weighted by atomic mass is 35.5. The molecule has 0 spiro atoms. The van der Waals surface area contributed by atoms with Crippen molar-refractivity contribution in [3.63, 3.8) is 0 Å². The van der Waals surface area contributed by atoms with E-state index in [-0.39, 0.29) is 66.8 Å². The summed E-state index contributed by atoms with van der Waals surface area (Å²) in [5.41, 5.74) is 5.00. The molecule has 2 heterocycles. The van der Waals surface area contributed by atoms with Crippen molar-refractivity contribution >= 4 is 58.0 Å². The van der Waals surface area contributed by atoms with Crippen molar-refractivity contribution < 1.29 is 38.9 Å². The minimum absolute atomic E-state index is 0.0152. The molecule has 0 saturated carbocycles. The van der Waals surface area contributed by atoms with Crippen LogP contribution in [0.25, 0.3) is 11.1 Å². The number of hydrogen-bond donors (Lipinski definition) is 5. The number of fused-ring (bicyclic) bond motifs is 1. The van der Waals surface area contributed by atoms with Crippen LogP contribution in [0.5, 0.6) is 17.2 Å². The van der Waals surface area contributed by atoms with E-state index in [2.05, 4.69) is 16.0 Å². The second kappa shape index (κ2) is 15.8. The van der Waals surface area contributed by atoms with Crippen molar-refractivity contribution in [1.29, 1.82) is 0 Å². The summed E-state index contributed by atoms with van der Waals surface area (Å²) in [6.45, 7) is 0.170. The van der Waals surface area contributed by atoms with Gasteiger partial charge in [0.25, 0.3) is 11.8 Å². The summed E-state index contributed by atoms with van der Waals surface area (Å²) in [5.74, 6) is -1.58. The van der Waals surface area contributed by atoms with Gasteiger partial charge in [-0.1, -0.05) is 42.5 Å². The number of piperidine rings is 1. The Labute approximate surface area is 304 Å². The van der Waals surface area contributed by atoms with Gasteiger partial charge in [0.1, 0.15) is 29.9 Å². The van der Waals surface area contributed by atoms with Gasteiger partial charge < -0.3 is 25.6 Å². The molecule has 1 saturated heterocycles. The number of phenols is 2. The summed E-state index contributed by atoms with van der Waals surface area (Å²) in [6.07, 6.45) is 0.612. The van der Waals surface area contributed by atoms with Crippen molar-refractivity contribution in [1.82, 2.24) is 15.5 Å². The van der Waals surface area contributed by atoms with E-state index in [1.54, 1.807) is 36.4 Å². The van der Waals surface area contributed by atoms with Gasteiger partial charge in [0, 0.05) is 18.0 Å². The minimum atomic E-state index is -1.09. The van der Waals surface area contributed by atoms with E-state index in [1.165, 1.54) is 6.07 Å². The van der Waals surface area contributed by atoms with Crippen molar-refractivity contribution in [2.75, 3.05) is 30.9 Å². The quantitative estimate of drug-likeness (QED) is 0.0568. The smallest absolute Gasteiger partial charge is 0.264 e. The lowest BCUT2D eigenvalue weighted by atomic mass is 9.88. The Morgan fingerprint density at radius 3 is 2.12 bits per heavy atom. The second-order valence-electron chi connectivity index (χ2n) is 12.1. The number of phenolic OH excluding ortho intramolecular Hbond substituents is 2. The molecule has 4 aromatic carbocycles. The summed E-state index contributed by atoms with van der Waals surface area (Å²) in [6, 6.07) is 24.8. The molecule has 2 aliphatic heterocycles. The van der Waals surface area contributed by atoms with Gasteiger partial charge in [0.2, 0.25) is 17.7 Å². The molecule has 1 fully saturated rings. The van der Waals surface area contributed by atoms with Crippen LogP contribution in [0.1, 0.15) is 56.7 Å². The van der Waals surface area contributed by atoms with Gasteiger partial charge in [0.05, 0.1) is 24.2 Å². The Morgan fingerprint density at radius 1 is 0.846 bits per heavy atom. The fraction of sp³-hybridized carbons (Fsp3) is 0.205. The number of halogens is 1. The van der Waals surface area contributed by atoms with E-state index in [0.29, 0.717) is 18.1 Å². The van der Waals surface area contributed by atoms with Crippen LogP contribution in [0.4, 0.5) is 5.69 Å². The molecule has 6 rings (SSSR count). The maximum absolute atomic E-state index is 13.3. The number of nitrogens with zero attached hydrogens (tertiary/aromatic N) is 1. The monoisotopic (exact) mass is 722 g/mol. The topological polar surface area (TPSA) is 174 Å². The van der Waals surface area contributed by atoms with Crippen LogP contribution in [0.2, 0.25) is 0 Å². The van der Waals surface area contributed by atoms with Gasteiger partial charge in [-0.3, -0.25) is 34.2 Å². The van der Waals surface area contributed by atoms with E-state index in [4.69, 9.17) is 16.3 Å². The number of allylic oxidation sites excluding steroid dienone is 1. The molecule has 5 N–H and O–H groups in total. The van der Waals surface area contributed by atoms with E-state index in [1.807, 2.05) is 48.5 Å². The molecular weight excluding hydrogens is 688 g/mol. The minimum Gasteiger partial charge on any atom is -0.508 e. The number of ether oxygens (including phenoxy) is 1. The molecule has 0 aliphatic carbocycles. The van der Waals surface area contributed by atoms with Crippen molar-refractivity contribution in [3.05, 3.63) is 119 Å². The number of amides is 5. The predicted octanol–water partition coefficient (Wildman–Crippen LogP) is 4.69. The van der Waals surface area contributed by atoms with Gasteiger partial charge in [0.15, 0.2) is 0 Å². The van der Waals surface area contributed by atoms with Crippen LogP contribution in [0, 0.1) is 0 Å². The second-order valence-corrected chi connectivity index (χ2v) is 12.5. The molecule has 0 aromatic heterocycles. The lowest BCUT2D eigenvalue weighted by Crippen LogP contribution is -2.54. The molecule has 4 aromatic rings. The lowest BCUT2D eigenvalue weighted by molar-refractivity contribution is -0.136. The predicted molar refractivity (Wildman–Crippen MR) is 194 cm³/mol. The SMILES string of the molecule is O=C(CNc1cccc2c1C(=O)N(C1CCC(=O)NC1=O)C2=O)NCCOc1ccc(C(=C(CCCl)c2ccc(O)cc2)c2ccc(O)cc2)cc1. The first-order valence-electron chi connectivity index (χ1n) is 16.6. The Bertz CT molecular complexity index is 2050. The van der Waals surface area contributed by atoms with Crippen molar-refractivity contribution in [2.24, 2.45) is 0 Å². The number of hydrogen-bond acceptors (Lipinski definition) is 9. The van der Waals surface area contributed by atoms with Crippen LogP contribution < -0.4 is 20.7 Å². The van der Waals surface area contributed by atoms with Crippen LogP contribution in [-0.4, -0.2) is 76.3 Å². The first kappa shape index (κ1) is 35.7. The average molecular weight is 723 g/mol. The summed E-state index contributed by atoms with van der Waals surface area (Å²) < 4.78 is 5.88. The number of carbonyl (C=O) groups excluding carboxylic acids is 5. The first-order valence-corrected chi connectivity index (χ1v) is 17.1. The Morgan fingerprint density at radius 2 is 1.48 bits per heavy atom. The Balaban J connectivity index is 1.06. The summed E-state index contributed by atoms with van der Waals surface area (Å²) in [5, 5.41) is 27.6. The average Bonchev–Trinajstić information content (AvgIpc) is 3.40. The number of benzene rings is 4. The number of alkyl halides is 1. The zero-order valence-corrected chi connectivity index (χ0v) is 28.6. The van der Waals surface area contributed by atoms with E-state index >= 15 is 0 Å².